The maximum Gasteiger partial charge on any atom is 0.230 e. The van der Waals surface area contributed by atoms with Gasteiger partial charge in [0.05, 0.1) is 13.0 Å². The summed E-state index contributed by atoms with van der Waals surface area (Å²) in [4.78, 5) is 26.6. The third-order valence-corrected chi connectivity index (χ3v) is 2.10. The maximum absolute atomic E-state index is 11.2. The molecule has 4 nitrogen and oxygen atoms in total. The quantitative estimate of drug-likeness (QED) is 0.663. The predicted octanol–water partition coefficient (Wildman–Crippen LogP) is 0.316. The van der Waals surface area contributed by atoms with Gasteiger partial charge < -0.3 is 9.88 Å². The van der Waals surface area contributed by atoms with Crippen molar-refractivity contribution in [3.8, 4) is 0 Å². The van der Waals surface area contributed by atoms with Crippen LogP contribution in [-0.4, -0.2) is 28.1 Å². The lowest BCUT2D eigenvalue weighted by Crippen LogP contribution is -2.24. The monoisotopic (exact) mass is 178 g/mol. The van der Waals surface area contributed by atoms with Gasteiger partial charge in [0.15, 0.2) is 5.78 Å². The highest BCUT2D eigenvalue weighted by Crippen LogP contribution is 2.11. The van der Waals surface area contributed by atoms with Gasteiger partial charge in [0, 0.05) is 18.9 Å². The summed E-state index contributed by atoms with van der Waals surface area (Å²) < 4.78 is 0. The van der Waals surface area contributed by atoms with Crippen molar-refractivity contribution in [3.63, 3.8) is 0 Å². The molecule has 0 unspecified atom stereocenters. The second-order valence-corrected chi connectivity index (χ2v) is 3.18. The number of rotatable bonds is 2. The smallest absolute Gasteiger partial charge is 0.230 e. The van der Waals surface area contributed by atoms with E-state index in [1.807, 2.05) is 12.3 Å². The van der Waals surface area contributed by atoms with Gasteiger partial charge in [-0.15, -0.1) is 0 Å². The molecule has 0 aromatic carbocycles. The van der Waals surface area contributed by atoms with E-state index >= 15 is 0 Å². The van der Waals surface area contributed by atoms with Crippen LogP contribution in [0, 0.1) is 0 Å². The van der Waals surface area contributed by atoms with Crippen LogP contribution >= 0.6 is 0 Å². The van der Waals surface area contributed by atoms with E-state index < -0.39 is 0 Å². The highest BCUT2D eigenvalue weighted by Gasteiger charge is 2.26. The standard InChI is InChI=1S/C9H10N2O2/c12-8-3-9(13)11(6-8)5-7-1-2-10-4-7/h1-2,4,10H,3,5-6H2. The van der Waals surface area contributed by atoms with Crippen molar-refractivity contribution in [2.24, 2.45) is 0 Å². The molecule has 0 saturated carbocycles. The summed E-state index contributed by atoms with van der Waals surface area (Å²) in [6.45, 7) is 0.804. The number of nitrogens with one attached hydrogen (secondary N) is 1. The minimum Gasteiger partial charge on any atom is -0.367 e. The topological polar surface area (TPSA) is 53.2 Å². The Morgan fingerprint density at radius 1 is 1.46 bits per heavy atom. The predicted molar refractivity (Wildman–Crippen MR) is 45.8 cm³/mol. The van der Waals surface area contributed by atoms with Crippen LogP contribution in [0.1, 0.15) is 12.0 Å². The van der Waals surface area contributed by atoms with Crippen molar-refractivity contribution in [2.75, 3.05) is 6.54 Å². The molecule has 1 saturated heterocycles. The molecular formula is C9H10N2O2. The lowest BCUT2D eigenvalue weighted by molar-refractivity contribution is -0.128. The second-order valence-electron chi connectivity index (χ2n) is 3.18. The summed E-state index contributed by atoms with van der Waals surface area (Å²) in [6, 6.07) is 1.90. The fraction of sp³-hybridized carbons (Fsp3) is 0.333. The number of aromatic nitrogens is 1. The van der Waals surface area contributed by atoms with Crippen molar-refractivity contribution in [3.05, 3.63) is 24.0 Å². The van der Waals surface area contributed by atoms with Gasteiger partial charge in [-0.1, -0.05) is 0 Å². The number of aromatic amines is 1. The molecule has 1 aromatic heterocycles. The van der Waals surface area contributed by atoms with E-state index in [1.54, 1.807) is 11.1 Å². The zero-order valence-electron chi connectivity index (χ0n) is 7.12. The van der Waals surface area contributed by atoms with Crippen molar-refractivity contribution in [1.82, 2.24) is 9.88 Å². The minimum absolute atomic E-state index is 0.0144. The van der Waals surface area contributed by atoms with Gasteiger partial charge >= 0.3 is 0 Å². The average molecular weight is 178 g/mol. The molecule has 1 aliphatic heterocycles. The minimum atomic E-state index is -0.0637. The molecule has 1 aliphatic rings. The van der Waals surface area contributed by atoms with Crippen LogP contribution < -0.4 is 0 Å². The Bertz CT molecular complexity index is 329. The van der Waals surface area contributed by atoms with Crippen LogP contribution in [-0.2, 0) is 16.1 Å². The Kier molecular flexibility index (Phi) is 1.88. The van der Waals surface area contributed by atoms with E-state index in [9.17, 15) is 9.59 Å². The normalized spacial score (nSPS) is 17.1. The number of hydrogen-bond donors (Lipinski definition) is 1. The van der Waals surface area contributed by atoms with Crippen LogP contribution in [0.2, 0.25) is 0 Å². The molecule has 13 heavy (non-hydrogen) atoms. The molecule has 68 valence electrons. The van der Waals surface area contributed by atoms with E-state index in [1.165, 1.54) is 0 Å². The van der Waals surface area contributed by atoms with Gasteiger partial charge in [0.1, 0.15) is 0 Å². The third kappa shape index (κ3) is 1.61. The summed E-state index contributed by atoms with van der Waals surface area (Å²) in [5.74, 6) is -0.0493. The van der Waals surface area contributed by atoms with E-state index in [0.29, 0.717) is 6.54 Å². The first-order valence-corrected chi connectivity index (χ1v) is 4.17. The molecule has 0 aliphatic carbocycles. The van der Waals surface area contributed by atoms with Gasteiger partial charge in [-0.2, -0.15) is 0 Å². The van der Waals surface area contributed by atoms with Gasteiger partial charge in [0.2, 0.25) is 5.91 Å². The first-order valence-electron chi connectivity index (χ1n) is 4.17. The molecule has 1 fully saturated rings. The van der Waals surface area contributed by atoms with Gasteiger partial charge in [-0.25, -0.2) is 0 Å². The summed E-state index contributed by atoms with van der Waals surface area (Å²) in [7, 11) is 0. The highest BCUT2D eigenvalue weighted by molar-refractivity contribution is 6.05. The van der Waals surface area contributed by atoms with Crippen LogP contribution in [0.15, 0.2) is 18.5 Å². The first kappa shape index (κ1) is 8.04. The van der Waals surface area contributed by atoms with Crippen molar-refractivity contribution < 1.29 is 9.59 Å². The van der Waals surface area contributed by atoms with Crippen LogP contribution in [0.4, 0.5) is 0 Å². The van der Waals surface area contributed by atoms with Crippen molar-refractivity contribution >= 4 is 11.7 Å². The first-order chi connectivity index (χ1) is 6.25. The fourth-order valence-electron chi connectivity index (χ4n) is 1.46. The number of H-pyrrole nitrogens is 1. The summed E-state index contributed by atoms with van der Waals surface area (Å²) >= 11 is 0. The molecule has 1 N–H and O–H groups in total. The van der Waals surface area contributed by atoms with Gasteiger partial charge in [0.25, 0.3) is 0 Å². The molecular weight excluding hydrogens is 168 g/mol. The van der Waals surface area contributed by atoms with Crippen LogP contribution in [0.3, 0.4) is 0 Å². The number of carbonyl (C=O) groups excluding carboxylic acids is 2. The van der Waals surface area contributed by atoms with E-state index in [0.717, 1.165) is 5.56 Å². The van der Waals surface area contributed by atoms with Crippen LogP contribution in [0.25, 0.3) is 0 Å². The molecule has 4 heteroatoms. The molecule has 1 amide bonds. The summed E-state index contributed by atoms with van der Waals surface area (Å²) in [5.41, 5.74) is 1.03. The SMILES string of the molecule is O=C1CC(=O)N(Cc2cc[nH]c2)C1. The van der Waals surface area contributed by atoms with Crippen LogP contribution in [0.5, 0.6) is 0 Å². The molecule has 0 spiro atoms. The zero-order chi connectivity index (χ0) is 9.26. The van der Waals surface area contributed by atoms with E-state index in [4.69, 9.17) is 0 Å². The molecule has 0 radical (unpaired) electrons. The third-order valence-electron chi connectivity index (χ3n) is 2.10. The molecule has 0 bridgehead atoms. The lowest BCUT2D eigenvalue weighted by atomic mass is 10.3. The van der Waals surface area contributed by atoms with E-state index in [2.05, 4.69) is 4.98 Å². The molecule has 2 heterocycles. The van der Waals surface area contributed by atoms with Crippen molar-refractivity contribution in [2.45, 2.75) is 13.0 Å². The highest BCUT2D eigenvalue weighted by atomic mass is 16.2. The second kappa shape index (κ2) is 3.05. The largest absolute Gasteiger partial charge is 0.367 e. The van der Waals surface area contributed by atoms with E-state index in [-0.39, 0.29) is 24.7 Å². The number of carbonyl (C=O) groups is 2. The molecule has 0 atom stereocenters. The average Bonchev–Trinajstić information content (AvgIpc) is 2.63. The Hall–Kier alpha value is -1.58. The lowest BCUT2D eigenvalue weighted by Gasteiger charge is -2.12. The maximum atomic E-state index is 11.2. The Labute approximate surface area is 75.5 Å². The molecule has 1 aromatic rings. The number of amides is 1. The number of ketones is 1. The molecule has 2 rings (SSSR count). The van der Waals surface area contributed by atoms with Crippen molar-refractivity contribution in [1.29, 1.82) is 0 Å². The van der Waals surface area contributed by atoms with Gasteiger partial charge in [-0.3, -0.25) is 9.59 Å². The number of likely N-dealkylation sites (tertiary alicyclic amines) is 1. The number of nitrogens with zero attached hydrogens (tertiary/aromatic N) is 1. The Morgan fingerprint density at radius 3 is 2.85 bits per heavy atom. The Morgan fingerprint density at radius 2 is 2.31 bits per heavy atom. The number of Topliss-reactive ketones (excluding diaryl/α,β-unsaturated/α-hetero) is 1. The number of hydrogen-bond acceptors (Lipinski definition) is 2. The zero-order valence-corrected chi connectivity index (χ0v) is 7.12. The summed E-state index contributed by atoms with van der Waals surface area (Å²) in [5, 5.41) is 0. The Balaban J connectivity index is 2.03. The van der Waals surface area contributed by atoms with Gasteiger partial charge in [-0.05, 0) is 11.6 Å². The fourth-order valence-corrected chi connectivity index (χ4v) is 1.46. The summed E-state index contributed by atoms with van der Waals surface area (Å²) in [6.07, 6.45) is 3.71.